The summed E-state index contributed by atoms with van der Waals surface area (Å²) in [6, 6.07) is 0.158. The number of carbonyl (C=O) groups excluding carboxylic acids is 1. The lowest BCUT2D eigenvalue weighted by molar-refractivity contribution is 0.168. The van der Waals surface area contributed by atoms with Gasteiger partial charge in [-0.05, 0) is 31.1 Å². The Balaban J connectivity index is 1.62. The number of amides is 2. The maximum absolute atomic E-state index is 11.8. The normalized spacial score (nSPS) is 26.3. The van der Waals surface area contributed by atoms with Gasteiger partial charge in [0, 0.05) is 19.6 Å². The molecular formula is C13H24N2O. The van der Waals surface area contributed by atoms with E-state index in [1.807, 2.05) is 4.90 Å². The van der Waals surface area contributed by atoms with E-state index in [0.29, 0.717) is 5.92 Å². The number of urea groups is 1. The van der Waals surface area contributed by atoms with Gasteiger partial charge in [-0.3, -0.25) is 0 Å². The molecular weight excluding hydrogens is 200 g/mol. The van der Waals surface area contributed by atoms with Crippen molar-refractivity contribution in [2.24, 2.45) is 11.8 Å². The van der Waals surface area contributed by atoms with Crippen LogP contribution in [0.15, 0.2) is 0 Å². The van der Waals surface area contributed by atoms with Crippen LogP contribution in [0.5, 0.6) is 0 Å². The molecule has 1 saturated heterocycles. The van der Waals surface area contributed by atoms with E-state index in [1.165, 1.54) is 32.1 Å². The van der Waals surface area contributed by atoms with Crippen LogP contribution in [0.4, 0.5) is 4.79 Å². The Hall–Kier alpha value is -0.730. The summed E-state index contributed by atoms with van der Waals surface area (Å²) in [5.74, 6) is 1.56. The van der Waals surface area contributed by atoms with Crippen molar-refractivity contribution in [3.63, 3.8) is 0 Å². The fraction of sp³-hybridized carbons (Fsp3) is 0.923. The van der Waals surface area contributed by atoms with Crippen LogP contribution in [0.1, 0.15) is 45.4 Å². The van der Waals surface area contributed by atoms with Gasteiger partial charge in [-0.2, -0.15) is 0 Å². The van der Waals surface area contributed by atoms with Crippen LogP contribution in [-0.4, -0.2) is 30.6 Å². The molecule has 2 amide bonds. The maximum Gasteiger partial charge on any atom is 0.317 e. The van der Waals surface area contributed by atoms with Crippen molar-refractivity contribution in [1.82, 2.24) is 10.2 Å². The molecule has 2 fully saturated rings. The van der Waals surface area contributed by atoms with Crippen molar-refractivity contribution in [2.75, 3.05) is 19.6 Å². The third-order valence-corrected chi connectivity index (χ3v) is 4.00. The topological polar surface area (TPSA) is 32.3 Å². The summed E-state index contributed by atoms with van der Waals surface area (Å²) in [7, 11) is 0. The summed E-state index contributed by atoms with van der Waals surface area (Å²) >= 11 is 0. The number of carbonyl (C=O) groups is 1. The summed E-state index contributed by atoms with van der Waals surface area (Å²) < 4.78 is 0. The van der Waals surface area contributed by atoms with Crippen molar-refractivity contribution >= 4 is 6.03 Å². The first kappa shape index (κ1) is 11.7. The lowest BCUT2D eigenvalue weighted by atomic mass is 9.83. The van der Waals surface area contributed by atoms with Gasteiger partial charge in [0.25, 0.3) is 0 Å². The zero-order valence-corrected chi connectivity index (χ0v) is 10.4. The van der Waals surface area contributed by atoms with Gasteiger partial charge in [0.2, 0.25) is 0 Å². The summed E-state index contributed by atoms with van der Waals surface area (Å²) in [5, 5.41) is 3.06. The van der Waals surface area contributed by atoms with Gasteiger partial charge in [0.1, 0.15) is 0 Å². The van der Waals surface area contributed by atoms with E-state index in [4.69, 9.17) is 0 Å². The fourth-order valence-corrected chi connectivity index (χ4v) is 2.65. The van der Waals surface area contributed by atoms with Crippen molar-refractivity contribution in [2.45, 2.75) is 45.4 Å². The molecule has 0 spiro atoms. The zero-order chi connectivity index (χ0) is 11.4. The summed E-state index contributed by atoms with van der Waals surface area (Å²) in [6.07, 6.45) is 7.74. The number of hydrogen-bond acceptors (Lipinski definition) is 1. The SMILES string of the molecule is CC1CCCN(C(=O)NCCC2CCC2)C1. The second-order valence-electron chi connectivity index (χ2n) is 5.51. The summed E-state index contributed by atoms with van der Waals surface area (Å²) in [5.41, 5.74) is 0. The number of nitrogens with one attached hydrogen (secondary N) is 1. The highest BCUT2D eigenvalue weighted by Gasteiger charge is 2.21. The predicted octanol–water partition coefficient (Wildman–Crippen LogP) is 2.62. The standard InChI is InChI=1S/C13H24N2O/c1-11-4-3-9-15(10-11)13(16)14-8-7-12-5-2-6-12/h11-12H,2-10H2,1H3,(H,14,16). The molecule has 1 aliphatic heterocycles. The third-order valence-electron chi connectivity index (χ3n) is 4.00. The molecule has 0 bridgehead atoms. The van der Waals surface area contributed by atoms with Crippen LogP contribution in [-0.2, 0) is 0 Å². The van der Waals surface area contributed by atoms with E-state index in [1.54, 1.807) is 0 Å². The average Bonchev–Trinajstić information content (AvgIpc) is 2.21. The first-order valence-corrected chi connectivity index (χ1v) is 6.78. The molecule has 0 aromatic rings. The fourth-order valence-electron chi connectivity index (χ4n) is 2.65. The lowest BCUT2D eigenvalue weighted by Crippen LogP contribution is -2.45. The molecule has 1 atom stereocenters. The number of rotatable bonds is 3. The lowest BCUT2D eigenvalue weighted by Gasteiger charge is -2.31. The molecule has 0 aromatic heterocycles. The van der Waals surface area contributed by atoms with Crippen molar-refractivity contribution in [3.05, 3.63) is 0 Å². The van der Waals surface area contributed by atoms with E-state index in [9.17, 15) is 4.79 Å². The first-order valence-electron chi connectivity index (χ1n) is 6.78. The van der Waals surface area contributed by atoms with Gasteiger partial charge in [0.15, 0.2) is 0 Å². The Morgan fingerprint density at radius 2 is 2.12 bits per heavy atom. The van der Waals surface area contributed by atoms with Crippen LogP contribution >= 0.6 is 0 Å². The second-order valence-corrected chi connectivity index (χ2v) is 5.51. The Labute approximate surface area is 98.6 Å². The van der Waals surface area contributed by atoms with Gasteiger partial charge in [0.05, 0.1) is 0 Å². The molecule has 2 aliphatic rings. The smallest absolute Gasteiger partial charge is 0.317 e. The molecule has 1 saturated carbocycles. The molecule has 1 heterocycles. The van der Waals surface area contributed by atoms with Crippen molar-refractivity contribution < 1.29 is 4.79 Å². The van der Waals surface area contributed by atoms with E-state index >= 15 is 0 Å². The van der Waals surface area contributed by atoms with Gasteiger partial charge in [-0.15, -0.1) is 0 Å². The molecule has 1 unspecified atom stereocenters. The molecule has 92 valence electrons. The van der Waals surface area contributed by atoms with Crippen LogP contribution in [0.3, 0.4) is 0 Å². The maximum atomic E-state index is 11.8. The Kier molecular flexibility index (Phi) is 4.08. The third kappa shape index (κ3) is 3.13. The van der Waals surface area contributed by atoms with Gasteiger partial charge in [-0.1, -0.05) is 26.2 Å². The van der Waals surface area contributed by atoms with Crippen LogP contribution < -0.4 is 5.32 Å². The monoisotopic (exact) mass is 224 g/mol. The van der Waals surface area contributed by atoms with Gasteiger partial charge >= 0.3 is 6.03 Å². The minimum atomic E-state index is 0.158. The second kappa shape index (κ2) is 5.55. The number of nitrogens with zero attached hydrogens (tertiary/aromatic N) is 1. The Bertz CT molecular complexity index is 238. The van der Waals surface area contributed by atoms with E-state index in [0.717, 1.165) is 32.0 Å². The largest absolute Gasteiger partial charge is 0.338 e. The van der Waals surface area contributed by atoms with Gasteiger partial charge < -0.3 is 10.2 Å². The van der Waals surface area contributed by atoms with Gasteiger partial charge in [-0.25, -0.2) is 4.79 Å². The zero-order valence-electron chi connectivity index (χ0n) is 10.4. The molecule has 16 heavy (non-hydrogen) atoms. The highest BCUT2D eigenvalue weighted by atomic mass is 16.2. The van der Waals surface area contributed by atoms with E-state index in [2.05, 4.69) is 12.2 Å². The molecule has 0 aromatic carbocycles. The minimum absolute atomic E-state index is 0.158. The van der Waals surface area contributed by atoms with E-state index < -0.39 is 0 Å². The predicted molar refractivity (Wildman–Crippen MR) is 65.3 cm³/mol. The molecule has 1 aliphatic carbocycles. The summed E-state index contributed by atoms with van der Waals surface area (Å²) in [4.78, 5) is 13.8. The van der Waals surface area contributed by atoms with Crippen molar-refractivity contribution in [3.8, 4) is 0 Å². The molecule has 0 radical (unpaired) electrons. The highest BCUT2D eigenvalue weighted by Crippen LogP contribution is 2.28. The molecule has 3 nitrogen and oxygen atoms in total. The van der Waals surface area contributed by atoms with Crippen molar-refractivity contribution in [1.29, 1.82) is 0 Å². The quantitative estimate of drug-likeness (QED) is 0.785. The Morgan fingerprint density at radius 3 is 2.75 bits per heavy atom. The van der Waals surface area contributed by atoms with Crippen LogP contribution in [0.2, 0.25) is 0 Å². The highest BCUT2D eigenvalue weighted by molar-refractivity contribution is 5.74. The molecule has 1 N–H and O–H groups in total. The number of likely N-dealkylation sites (tertiary alicyclic amines) is 1. The number of hydrogen-bond donors (Lipinski definition) is 1. The minimum Gasteiger partial charge on any atom is -0.338 e. The van der Waals surface area contributed by atoms with Crippen LogP contribution in [0.25, 0.3) is 0 Å². The first-order chi connectivity index (χ1) is 7.75. The van der Waals surface area contributed by atoms with E-state index in [-0.39, 0.29) is 6.03 Å². The Morgan fingerprint density at radius 1 is 1.31 bits per heavy atom. The number of piperidine rings is 1. The van der Waals surface area contributed by atoms with Crippen LogP contribution in [0, 0.1) is 11.8 Å². The average molecular weight is 224 g/mol. The molecule has 2 rings (SSSR count). The molecule has 3 heteroatoms. The summed E-state index contributed by atoms with van der Waals surface area (Å²) in [6.45, 7) is 4.98.